The third kappa shape index (κ3) is 3.10. The zero-order chi connectivity index (χ0) is 13.1. The summed E-state index contributed by atoms with van der Waals surface area (Å²) in [6, 6.07) is 1.94. The van der Waals surface area contributed by atoms with E-state index in [4.69, 9.17) is 5.11 Å². The van der Waals surface area contributed by atoms with E-state index in [9.17, 15) is 9.59 Å². The molecule has 0 aliphatic heterocycles. The zero-order valence-corrected chi connectivity index (χ0v) is 11.2. The van der Waals surface area contributed by atoms with Crippen LogP contribution in [-0.4, -0.2) is 35.0 Å². The summed E-state index contributed by atoms with van der Waals surface area (Å²) in [5, 5.41) is 10.8. The molecule has 1 fully saturated rings. The van der Waals surface area contributed by atoms with Gasteiger partial charge in [-0.05, 0) is 42.2 Å². The molecule has 0 radical (unpaired) electrons. The van der Waals surface area contributed by atoms with E-state index in [0.717, 1.165) is 24.8 Å². The van der Waals surface area contributed by atoms with Crippen molar-refractivity contribution >= 4 is 23.2 Å². The molecule has 1 amide bonds. The Bertz CT molecular complexity index is 451. The first kappa shape index (κ1) is 13.1. The minimum absolute atomic E-state index is 0.129. The molecule has 1 saturated carbocycles. The lowest BCUT2D eigenvalue weighted by molar-refractivity contribution is -0.137. The van der Waals surface area contributed by atoms with Crippen molar-refractivity contribution in [3.05, 3.63) is 21.9 Å². The second kappa shape index (κ2) is 5.52. The van der Waals surface area contributed by atoms with Crippen LogP contribution >= 0.6 is 11.3 Å². The van der Waals surface area contributed by atoms with Crippen LogP contribution in [0.5, 0.6) is 0 Å². The average Bonchev–Trinajstić information content (AvgIpc) is 3.01. The molecule has 98 valence electrons. The van der Waals surface area contributed by atoms with Crippen molar-refractivity contribution in [2.45, 2.75) is 26.2 Å². The van der Waals surface area contributed by atoms with Crippen LogP contribution in [0.15, 0.2) is 11.4 Å². The predicted octanol–water partition coefficient (Wildman–Crippen LogP) is 2.25. The number of thiophene rings is 1. The normalized spacial score (nSPS) is 14.5. The molecule has 18 heavy (non-hydrogen) atoms. The highest BCUT2D eigenvalue weighted by Gasteiger charge is 2.29. The topological polar surface area (TPSA) is 57.6 Å². The fourth-order valence-electron chi connectivity index (χ4n) is 1.94. The van der Waals surface area contributed by atoms with Crippen LogP contribution in [-0.2, 0) is 11.2 Å². The highest BCUT2D eigenvalue weighted by atomic mass is 32.1. The van der Waals surface area contributed by atoms with Crippen LogP contribution in [0.25, 0.3) is 0 Å². The number of amides is 1. The Balaban J connectivity index is 2.13. The van der Waals surface area contributed by atoms with Crippen LogP contribution in [0.4, 0.5) is 0 Å². The molecule has 0 atom stereocenters. The van der Waals surface area contributed by atoms with Gasteiger partial charge in [0.05, 0.1) is 4.88 Å². The smallest absolute Gasteiger partial charge is 0.323 e. The summed E-state index contributed by atoms with van der Waals surface area (Å²) in [5.74, 6) is -0.576. The van der Waals surface area contributed by atoms with E-state index in [-0.39, 0.29) is 12.5 Å². The molecule has 5 heteroatoms. The molecule has 0 spiro atoms. The van der Waals surface area contributed by atoms with Gasteiger partial charge in [-0.3, -0.25) is 9.59 Å². The summed E-state index contributed by atoms with van der Waals surface area (Å²) in [6.45, 7) is 2.38. The minimum Gasteiger partial charge on any atom is -0.480 e. The number of carbonyl (C=O) groups is 2. The van der Waals surface area contributed by atoms with Crippen molar-refractivity contribution in [1.82, 2.24) is 4.90 Å². The largest absolute Gasteiger partial charge is 0.480 e. The second-order valence-corrected chi connectivity index (χ2v) is 5.57. The van der Waals surface area contributed by atoms with Gasteiger partial charge in [0, 0.05) is 6.54 Å². The van der Waals surface area contributed by atoms with Crippen LogP contribution in [0, 0.1) is 5.92 Å². The summed E-state index contributed by atoms with van der Waals surface area (Å²) in [5.41, 5.74) is 1.01. The van der Waals surface area contributed by atoms with Crippen LogP contribution < -0.4 is 0 Å². The Labute approximate surface area is 110 Å². The van der Waals surface area contributed by atoms with Crippen molar-refractivity contribution in [2.75, 3.05) is 13.1 Å². The van der Waals surface area contributed by atoms with Gasteiger partial charge < -0.3 is 10.0 Å². The molecule has 4 nitrogen and oxygen atoms in total. The van der Waals surface area contributed by atoms with E-state index in [0.29, 0.717) is 17.3 Å². The first-order valence-corrected chi connectivity index (χ1v) is 7.07. The Morgan fingerprint density at radius 3 is 2.78 bits per heavy atom. The molecule has 1 aliphatic carbocycles. The Hall–Kier alpha value is -1.36. The van der Waals surface area contributed by atoms with E-state index in [2.05, 4.69) is 0 Å². The molecule has 0 bridgehead atoms. The van der Waals surface area contributed by atoms with Crippen LogP contribution in [0.1, 0.15) is 35.0 Å². The number of carboxylic acid groups (broad SMARTS) is 1. The lowest BCUT2D eigenvalue weighted by atomic mass is 10.2. The maximum Gasteiger partial charge on any atom is 0.323 e. The number of rotatable bonds is 6. The average molecular weight is 267 g/mol. The third-order valence-corrected chi connectivity index (χ3v) is 4.06. The number of hydrogen-bond acceptors (Lipinski definition) is 3. The van der Waals surface area contributed by atoms with Gasteiger partial charge in [0.25, 0.3) is 5.91 Å². The van der Waals surface area contributed by atoms with Crippen molar-refractivity contribution in [3.8, 4) is 0 Å². The molecule has 1 aromatic heterocycles. The molecule has 1 N–H and O–H groups in total. The molecular weight excluding hydrogens is 250 g/mol. The van der Waals surface area contributed by atoms with Gasteiger partial charge in [0.1, 0.15) is 6.54 Å². The van der Waals surface area contributed by atoms with E-state index >= 15 is 0 Å². The van der Waals surface area contributed by atoms with Crippen molar-refractivity contribution in [2.24, 2.45) is 5.92 Å². The van der Waals surface area contributed by atoms with E-state index in [1.807, 2.05) is 18.4 Å². The SMILES string of the molecule is CCc1ccsc1C(=O)N(CC(=O)O)CC1CC1. The number of aryl methyl sites for hydroxylation is 1. The summed E-state index contributed by atoms with van der Waals surface area (Å²) in [7, 11) is 0. The molecule has 0 unspecified atom stereocenters. The molecule has 1 heterocycles. The number of aliphatic carboxylic acids is 1. The van der Waals surface area contributed by atoms with Crippen molar-refractivity contribution in [3.63, 3.8) is 0 Å². The fourth-order valence-corrected chi connectivity index (χ4v) is 2.90. The number of hydrogen-bond donors (Lipinski definition) is 1. The highest BCUT2D eigenvalue weighted by Crippen LogP contribution is 2.30. The zero-order valence-electron chi connectivity index (χ0n) is 10.4. The fraction of sp³-hybridized carbons (Fsp3) is 0.538. The molecule has 1 aromatic rings. The third-order valence-electron chi connectivity index (χ3n) is 3.11. The monoisotopic (exact) mass is 267 g/mol. The van der Waals surface area contributed by atoms with Crippen LogP contribution in [0.3, 0.4) is 0 Å². The molecule has 1 aliphatic rings. The van der Waals surface area contributed by atoms with Gasteiger partial charge in [-0.15, -0.1) is 11.3 Å². The Morgan fingerprint density at radius 2 is 2.22 bits per heavy atom. The van der Waals surface area contributed by atoms with Gasteiger partial charge in [-0.1, -0.05) is 6.92 Å². The maximum absolute atomic E-state index is 12.4. The van der Waals surface area contributed by atoms with Gasteiger partial charge in [0.15, 0.2) is 0 Å². The summed E-state index contributed by atoms with van der Waals surface area (Å²) < 4.78 is 0. The first-order chi connectivity index (χ1) is 8.61. The van der Waals surface area contributed by atoms with Gasteiger partial charge in [0.2, 0.25) is 0 Å². The molecule has 0 saturated heterocycles. The summed E-state index contributed by atoms with van der Waals surface area (Å²) in [4.78, 5) is 25.4. The van der Waals surface area contributed by atoms with Crippen LogP contribution in [0.2, 0.25) is 0 Å². The minimum atomic E-state index is -0.946. The second-order valence-electron chi connectivity index (χ2n) is 4.65. The lowest BCUT2D eigenvalue weighted by Gasteiger charge is -2.20. The van der Waals surface area contributed by atoms with E-state index in [1.54, 1.807) is 0 Å². The highest BCUT2D eigenvalue weighted by molar-refractivity contribution is 7.12. The number of carboxylic acids is 1. The Kier molecular flexibility index (Phi) is 4.01. The molecule has 2 rings (SSSR count). The lowest BCUT2D eigenvalue weighted by Crippen LogP contribution is -2.37. The standard InChI is InChI=1S/C13H17NO3S/c1-2-10-5-6-18-12(10)13(17)14(8-11(15)16)7-9-3-4-9/h5-6,9H,2-4,7-8H2,1H3,(H,15,16). The molecular formula is C13H17NO3S. The number of nitrogens with zero attached hydrogens (tertiary/aromatic N) is 1. The maximum atomic E-state index is 12.4. The summed E-state index contributed by atoms with van der Waals surface area (Å²) >= 11 is 1.40. The van der Waals surface area contributed by atoms with E-state index in [1.165, 1.54) is 16.2 Å². The van der Waals surface area contributed by atoms with Gasteiger partial charge in [-0.2, -0.15) is 0 Å². The van der Waals surface area contributed by atoms with Crippen molar-refractivity contribution < 1.29 is 14.7 Å². The first-order valence-electron chi connectivity index (χ1n) is 6.19. The van der Waals surface area contributed by atoms with E-state index < -0.39 is 5.97 Å². The Morgan fingerprint density at radius 1 is 1.50 bits per heavy atom. The molecule has 0 aromatic carbocycles. The number of carbonyl (C=O) groups excluding carboxylic acids is 1. The predicted molar refractivity (Wildman–Crippen MR) is 70.0 cm³/mol. The van der Waals surface area contributed by atoms with Crippen molar-refractivity contribution in [1.29, 1.82) is 0 Å². The van der Waals surface area contributed by atoms with Gasteiger partial charge >= 0.3 is 5.97 Å². The van der Waals surface area contributed by atoms with Gasteiger partial charge in [-0.25, -0.2) is 0 Å². The quantitative estimate of drug-likeness (QED) is 0.860. The summed E-state index contributed by atoms with van der Waals surface area (Å²) in [6.07, 6.45) is 3.01.